The Morgan fingerprint density at radius 2 is 2.17 bits per heavy atom. The van der Waals surface area contributed by atoms with Crippen LogP contribution in [0.5, 0.6) is 0 Å². The second-order valence-electron chi connectivity index (χ2n) is 5.80. The van der Waals surface area contributed by atoms with Crippen molar-refractivity contribution < 1.29 is 14.7 Å². The summed E-state index contributed by atoms with van der Waals surface area (Å²) < 4.78 is 2.61. The maximum Gasteiger partial charge on any atom is 0.311 e. The lowest BCUT2D eigenvalue weighted by Crippen LogP contribution is -2.34. The van der Waals surface area contributed by atoms with Gasteiger partial charge in [-0.2, -0.15) is 5.10 Å². The van der Waals surface area contributed by atoms with Gasteiger partial charge in [0.15, 0.2) is 0 Å². The fourth-order valence-electron chi connectivity index (χ4n) is 2.46. The fourth-order valence-corrected chi connectivity index (χ4v) is 2.85. The second-order valence-corrected chi connectivity index (χ2v) is 6.72. The summed E-state index contributed by atoms with van der Waals surface area (Å²) in [7, 11) is 0. The molecular weight excluding hydrogens is 362 g/mol. The third-order valence-electron chi connectivity index (χ3n) is 4.20. The smallest absolute Gasteiger partial charge is 0.311 e. The zero-order valence-corrected chi connectivity index (χ0v) is 14.1. The molecule has 0 aliphatic heterocycles. The van der Waals surface area contributed by atoms with Crippen LogP contribution >= 0.6 is 15.9 Å². The van der Waals surface area contributed by atoms with E-state index in [0.29, 0.717) is 24.1 Å². The van der Waals surface area contributed by atoms with Crippen LogP contribution in [0.3, 0.4) is 0 Å². The molecule has 0 bridgehead atoms. The monoisotopic (exact) mass is 377 g/mol. The molecule has 3 rings (SSSR count). The number of halogens is 1. The van der Waals surface area contributed by atoms with Crippen molar-refractivity contribution in [2.75, 3.05) is 6.54 Å². The van der Waals surface area contributed by atoms with Gasteiger partial charge in [0.1, 0.15) is 0 Å². The third kappa shape index (κ3) is 3.01. The molecule has 2 aromatic rings. The third-order valence-corrected chi connectivity index (χ3v) is 4.70. The highest BCUT2D eigenvalue weighted by Crippen LogP contribution is 2.45. The van der Waals surface area contributed by atoms with Crippen molar-refractivity contribution in [3.8, 4) is 5.69 Å². The van der Waals surface area contributed by atoms with Gasteiger partial charge in [-0.05, 0) is 38.0 Å². The van der Waals surface area contributed by atoms with E-state index in [-0.39, 0.29) is 12.5 Å². The number of carbonyl (C=O) groups excluding carboxylic acids is 1. The van der Waals surface area contributed by atoms with Crippen LogP contribution in [-0.2, 0) is 4.79 Å². The van der Waals surface area contributed by atoms with Crippen molar-refractivity contribution in [2.45, 2.75) is 19.8 Å². The lowest BCUT2D eigenvalue weighted by molar-refractivity contribution is -0.143. The van der Waals surface area contributed by atoms with Crippen LogP contribution in [-0.4, -0.2) is 33.3 Å². The highest BCUT2D eigenvalue weighted by Gasteiger charge is 2.50. The Kier molecular flexibility index (Phi) is 3.97. The van der Waals surface area contributed by atoms with Crippen LogP contribution in [0.4, 0.5) is 0 Å². The number of nitrogens with zero attached hydrogens (tertiary/aromatic N) is 2. The molecular formula is C16H16BrN3O3. The number of carboxylic acids is 1. The quantitative estimate of drug-likeness (QED) is 0.838. The van der Waals surface area contributed by atoms with Gasteiger partial charge >= 0.3 is 5.97 Å². The standard InChI is InChI=1S/C16H16BrN3O3/c1-10-13(14(21)18-9-16(5-6-16)15(22)23)8-19-20(10)12-4-2-3-11(17)7-12/h2-4,7-8H,5-6,9H2,1H3,(H,18,21)(H,22,23). The zero-order chi connectivity index (χ0) is 16.6. The molecule has 6 nitrogen and oxygen atoms in total. The molecule has 0 saturated heterocycles. The van der Waals surface area contributed by atoms with E-state index in [2.05, 4.69) is 26.3 Å². The zero-order valence-electron chi connectivity index (χ0n) is 12.5. The van der Waals surface area contributed by atoms with E-state index in [4.69, 9.17) is 5.11 Å². The molecule has 7 heteroatoms. The molecule has 1 heterocycles. The SMILES string of the molecule is Cc1c(C(=O)NCC2(C(=O)O)CC2)cnn1-c1cccc(Br)c1. The normalized spacial score (nSPS) is 15.2. The number of aromatic nitrogens is 2. The largest absolute Gasteiger partial charge is 0.481 e. The molecule has 1 aromatic carbocycles. The van der Waals surface area contributed by atoms with Crippen LogP contribution in [0.2, 0.25) is 0 Å². The molecule has 1 aromatic heterocycles. The molecule has 23 heavy (non-hydrogen) atoms. The first-order valence-corrected chi connectivity index (χ1v) is 8.04. The van der Waals surface area contributed by atoms with E-state index >= 15 is 0 Å². The first-order valence-electron chi connectivity index (χ1n) is 7.25. The van der Waals surface area contributed by atoms with E-state index in [1.54, 1.807) is 4.68 Å². The molecule has 1 aliphatic carbocycles. The maximum atomic E-state index is 12.3. The molecule has 0 radical (unpaired) electrons. The predicted molar refractivity (Wildman–Crippen MR) is 87.6 cm³/mol. The summed E-state index contributed by atoms with van der Waals surface area (Å²) in [4.78, 5) is 23.5. The lowest BCUT2D eigenvalue weighted by Gasteiger charge is -2.11. The Labute approximate surface area is 141 Å². The van der Waals surface area contributed by atoms with Crippen LogP contribution in [0.25, 0.3) is 5.69 Å². The average Bonchev–Trinajstić information content (AvgIpc) is 3.21. The van der Waals surface area contributed by atoms with Gasteiger partial charge in [0.05, 0.1) is 28.6 Å². The molecule has 0 spiro atoms. The molecule has 1 amide bonds. The summed E-state index contributed by atoms with van der Waals surface area (Å²) in [6.07, 6.45) is 2.73. The van der Waals surface area contributed by atoms with E-state index in [0.717, 1.165) is 10.2 Å². The van der Waals surface area contributed by atoms with Crippen molar-refractivity contribution in [2.24, 2.45) is 5.41 Å². The number of hydrogen-bond donors (Lipinski definition) is 2. The summed E-state index contributed by atoms with van der Waals surface area (Å²) in [5.41, 5.74) is 1.23. The van der Waals surface area contributed by atoms with Crippen LogP contribution in [0, 0.1) is 12.3 Å². The Morgan fingerprint density at radius 3 is 2.78 bits per heavy atom. The number of aliphatic carboxylic acids is 1. The Hall–Kier alpha value is -2.15. The number of nitrogens with one attached hydrogen (secondary N) is 1. The van der Waals surface area contributed by atoms with E-state index in [1.165, 1.54) is 6.20 Å². The van der Waals surface area contributed by atoms with Gasteiger partial charge in [-0.25, -0.2) is 4.68 Å². The second kappa shape index (κ2) is 5.81. The summed E-state index contributed by atoms with van der Waals surface area (Å²) in [6, 6.07) is 7.61. The van der Waals surface area contributed by atoms with Crippen molar-refractivity contribution in [3.63, 3.8) is 0 Å². The average molecular weight is 378 g/mol. The van der Waals surface area contributed by atoms with Crippen molar-refractivity contribution in [3.05, 3.63) is 46.2 Å². The highest BCUT2D eigenvalue weighted by molar-refractivity contribution is 9.10. The minimum atomic E-state index is -0.848. The molecule has 1 saturated carbocycles. The van der Waals surface area contributed by atoms with Crippen molar-refractivity contribution in [1.29, 1.82) is 0 Å². The van der Waals surface area contributed by atoms with Gasteiger partial charge in [-0.1, -0.05) is 22.0 Å². The van der Waals surface area contributed by atoms with Gasteiger partial charge in [-0.3, -0.25) is 9.59 Å². The Morgan fingerprint density at radius 1 is 1.43 bits per heavy atom. The number of carboxylic acid groups (broad SMARTS) is 1. The topological polar surface area (TPSA) is 84.2 Å². The van der Waals surface area contributed by atoms with Gasteiger partial charge in [0.2, 0.25) is 0 Å². The molecule has 120 valence electrons. The first kappa shape index (κ1) is 15.7. The first-order chi connectivity index (χ1) is 10.9. The van der Waals surface area contributed by atoms with Gasteiger partial charge in [-0.15, -0.1) is 0 Å². The van der Waals surface area contributed by atoms with Crippen molar-refractivity contribution in [1.82, 2.24) is 15.1 Å². The molecule has 0 atom stereocenters. The number of hydrogen-bond acceptors (Lipinski definition) is 3. The maximum absolute atomic E-state index is 12.3. The molecule has 2 N–H and O–H groups in total. The molecule has 1 fully saturated rings. The van der Waals surface area contributed by atoms with Gasteiger partial charge < -0.3 is 10.4 Å². The Bertz CT molecular complexity index is 781. The highest BCUT2D eigenvalue weighted by atomic mass is 79.9. The molecule has 1 aliphatic rings. The minimum Gasteiger partial charge on any atom is -0.481 e. The lowest BCUT2D eigenvalue weighted by atomic mass is 10.1. The van der Waals surface area contributed by atoms with Crippen LogP contribution in [0.1, 0.15) is 28.9 Å². The van der Waals surface area contributed by atoms with Crippen LogP contribution < -0.4 is 5.32 Å². The van der Waals surface area contributed by atoms with Gasteiger partial charge in [0.25, 0.3) is 5.91 Å². The number of carbonyl (C=O) groups is 2. The number of amides is 1. The van der Waals surface area contributed by atoms with E-state index < -0.39 is 11.4 Å². The van der Waals surface area contributed by atoms with Crippen molar-refractivity contribution >= 4 is 27.8 Å². The van der Waals surface area contributed by atoms with Crippen LogP contribution in [0.15, 0.2) is 34.9 Å². The summed E-state index contributed by atoms with van der Waals surface area (Å²) in [6.45, 7) is 1.97. The minimum absolute atomic E-state index is 0.155. The summed E-state index contributed by atoms with van der Waals surface area (Å²) in [5.74, 6) is -1.14. The predicted octanol–water partition coefficient (Wildman–Crippen LogP) is 2.54. The van der Waals surface area contributed by atoms with E-state index in [1.807, 2.05) is 31.2 Å². The van der Waals surface area contributed by atoms with Gasteiger partial charge in [0, 0.05) is 11.0 Å². The number of benzene rings is 1. The summed E-state index contributed by atoms with van der Waals surface area (Å²) >= 11 is 3.41. The molecule has 0 unspecified atom stereocenters. The number of rotatable bonds is 5. The fraction of sp³-hybridized carbons (Fsp3) is 0.312. The Balaban J connectivity index is 1.76. The summed E-state index contributed by atoms with van der Waals surface area (Å²) in [5, 5.41) is 16.1. The van der Waals surface area contributed by atoms with E-state index in [9.17, 15) is 9.59 Å².